The predicted octanol–water partition coefficient (Wildman–Crippen LogP) is 2.35. The third-order valence-electron chi connectivity index (χ3n) is 4.00. The number of ether oxygens (including phenoxy) is 2. The fourth-order valence-electron chi connectivity index (χ4n) is 3.18. The normalized spacial score (nSPS) is 25.8. The van der Waals surface area contributed by atoms with Gasteiger partial charge in [0.25, 0.3) is 0 Å². The average Bonchev–Trinajstić information content (AvgIpc) is 2.47. The van der Waals surface area contributed by atoms with E-state index in [1.54, 1.807) is 13.2 Å². The zero-order chi connectivity index (χ0) is 15.3. The maximum absolute atomic E-state index is 6.13. The van der Waals surface area contributed by atoms with Crippen molar-refractivity contribution in [2.75, 3.05) is 19.1 Å². The summed E-state index contributed by atoms with van der Waals surface area (Å²) in [4.78, 5) is 9.22. The smallest absolute Gasteiger partial charge is 0.163 e. The molecule has 0 aliphatic heterocycles. The number of methoxy groups -OCH3 is 1. The minimum absolute atomic E-state index is 0.401. The summed E-state index contributed by atoms with van der Waals surface area (Å²) in [5.41, 5.74) is 3.03. The molecule has 0 spiro atoms. The van der Waals surface area contributed by atoms with Gasteiger partial charge in [-0.05, 0) is 32.1 Å². The third-order valence-corrected chi connectivity index (χ3v) is 4.00. The zero-order valence-corrected chi connectivity index (χ0v) is 13.2. The second-order valence-electron chi connectivity index (χ2n) is 5.77. The lowest BCUT2D eigenvalue weighted by Crippen LogP contribution is -2.37. The Morgan fingerprint density at radius 3 is 2.90 bits per heavy atom. The molecule has 1 aliphatic carbocycles. The van der Waals surface area contributed by atoms with Gasteiger partial charge in [0.05, 0.1) is 12.3 Å². The number of hydrazine groups is 1. The Bertz CT molecular complexity index is 465. The summed E-state index contributed by atoms with van der Waals surface area (Å²) >= 11 is 0. The van der Waals surface area contributed by atoms with Crippen molar-refractivity contribution in [3.63, 3.8) is 0 Å². The number of rotatable bonds is 6. The number of nitrogens with two attached hydrogens (primary N) is 1. The number of nitrogens with zero attached hydrogens (tertiary/aromatic N) is 2. The summed E-state index contributed by atoms with van der Waals surface area (Å²) in [6, 6.07) is 1.80. The van der Waals surface area contributed by atoms with Crippen LogP contribution in [0.1, 0.15) is 51.0 Å². The van der Waals surface area contributed by atoms with E-state index in [0.717, 1.165) is 30.8 Å². The van der Waals surface area contributed by atoms with Crippen molar-refractivity contribution in [2.45, 2.75) is 51.7 Å². The fraction of sp³-hybridized carbons (Fsp3) is 0.733. The maximum Gasteiger partial charge on any atom is 0.163 e. The molecule has 3 N–H and O–H groups in total. The zero-order valence-electron chi connectivity index (χ0n) is 13.2. The monoisotopic (exact) mass is 294 g/mol. The molecule has 0 aromatic carbocycles. The van der Waals surface area contributed by atoms with Crippen LogP contribution in [0.3, 0.4) is 0 Å². The highest BCUT2D eigenvalue weighted by atomic mass is 16.5. The van der Waals surface area contributed by atoms with Crippen LogP contribution in [0.2, 0.25) is 0 Å². The summed E-state index contributed by atoms with van der Waals surface area (Å²) in [5.74, 6) is 7.46. The molecule has 1 aliphatic rings. The standard InChI is InChI=1S/C15H26N4O2/c1-4-21-15(7-5-6-11(2)9-15)14-17-12(10-20-3)8-13(18-14)19-16/h8,11H,4-7,9-10,16H2,1-3H3,(H,17,18,19). The van der Waals surface area contributed by atoms with E-state index in [2.05, 4.69) is 22.3 Å². The molecule has 2 rings (SSSR count). The lowest BCUT2D eigenvalue weighted by Gasteiger charge is -2.38. The van der Waals surface area contributed by atoms with E-state index in [0.29, 0.717) is 24.9 Å². The summed E-state index contributed by atoms with van der Waals surface area (Å²) in [6.45, 7) is 5.36. The molecule has 118 valence electrons. The Labute approximate surface area is 126 Å². The predicted molar refractivity (Wildman–Crippen MR) is 81.5 cm³/mol. The molecule has 0 saturated heterocycles. The molecular formula is C15H26N4O2. The van der Waals surface area contributed by atoms with Crippen LogP contribution < -0.4 is 11.3 Å². The number of aromatic nitrogens is 2. The highest BCUT2D eigenvalue weighted by molar-refractivity contribution is 5.35. The van der Waals surface area contributed by atoms with Crippen molar-refractivity contribution < 1.29 is 9.47 Å². The first-order valence-electron chi connectivity index (χ1n) is 7.61. The first kappa shape index (κ1) is 16.1. The molecule has 1 aromatic heterocycles. The number of hydrogen-bond donors (Lipinski definition) is 2. The van der Waals surface area contributed by atoms with Gasteiger partial charge >= 0.3 is 0 Å². The van der Waals surface area contributed by atoms with Crippen LogP contribution in [0.25, 0.3) is 0 Å². The van der Waals surface area contributed by atoms with Crippen molar-refractivity contribution in [1.82, 2.24) is 9.97 Å². The van der Waals surface area contributed by atoms with E-state index < -0.39 is 5.60 Å². The molecule has 1 aromatic rings. The van der Waals surface area contributed by atoms with Crippen molar-refractivity contribution in [2.24, 2.45) is 11.8 Å². The maximum atomic E-state index is 6.13. The van der Waals surface area contributed by atoms with Crippen LogP contribution in [0, 0.1) is 5.92 Å². The largest absolute Gasteiger partial charge is 0.378 e. The number of nitrogens with one attached hydrogen (secondary N) is 1. The molecule has 6 heteroatoms. The van der Waals surface area contributed by atoms with Crippen LogP contribution in [-0.4, -0.2) is 23.7 Å². The van der Waals surface area contributed by atoms with Gasteiger partial charge in [-0.3, -0.25) is 0 Å². The summed E-state index contributed by atoms with van der Waals surface area (Å²) in [6.07, 6.45) is 4.26. The molecule has 6 nitrogen and oxygen atoms in total. The van der Waals surface area contributed by atoms with E-state index in [1.165, 1.54) is 6.42 Å². The molecule has 2 unspecified atom stereocenters. The minimum atomic E-state index is -0.401. The van der Waals surface area contributed by atoms with Crippen molar-refractivity contribution in [3.05, 3.63) is 17.6 Å². The van der Waals surface area contributed by atoms with Crippen molar-refractivity contribution >= 4 is 5.82 Å². The Balaban J connectivity index is 2.40. The van der Waals surface area contributed by atoms with Gasteiger partial charge in [0.15, 0.2) is 5.82 Å². The van der Waals surface area contributed by atoms with E-state index in [1.807, 2.05) is 6.92 Å². The average molecular weight is 294 g/mol. The second-order valence-corrected chi connectivity index (χ2v) is 5.77. The van der Waals surface area contributed by atoms with Crippen LogP contribution >= 0.6 is 0 Å². The van der Waals surface area contributed by atoms with Crippen molar-refractivity contribution in [3.8, 4) is 0 Å². The Morgan fingerprint density at radius 1 is 1.48 bits per heavy atom. The van der Waals surface area contributed by atoms with E-state index in [4.69, 9.17) is 15.3 Å². The Morgan fingerprint density at radius 2 is 2.29 bits per heavy atom. The van der Waals surface area contributed by atoms with E-state index in [-0.39, 0.29) is 0 Å². The second kappa shape index (κ2) is 7.15. The molecule has 1 heterocycles. The van der Waals surface area contributed by atoms with Gasteiger partial charge in [0.1, 0.15) is 11.4 Å². The molecule has 1 fully saturated rings. The lowest BCUT2D eigenvalue weighted by atomic mass is 9.78. The molecular weight excluding hydrogens is 268 g/mol. The fourth-order valence-corrected chi connectivity index (χ4v) is 3.18. The van der Waals surface area contributed by atoms with Gasteiger partial charge in [0.2, 0.25) is 0 Å². The van der Waals surface area contributed by atoms with Crippen molar-refractivity contribution in [1.29, 1.82) is 0 Å². The van der Waals surface area contributed by atoms with Crippen LogP contribution in [0.4, 0.5) is 5.82 Å². The number of hydrogen-bond acceptors (Lipinski definition) is 6. The molecule has 2 atom stereocenters. The van der Waals surface area contributed by atoms with Gasteiger partial charge in [-0.25, -0.2) is 15.8 Å². The summed E-state index contributed by atoms with van der Waals surface area (Å²) in [5, 5.41) is 0. The summed E-state index contributed by atoms with van der Waals surface area (Å²) < 4.78 is 11.3. The van der Waals surface area contributed by atoms with Crippen LogP contribution in [0.15, 0.2) is 6.07 Å². The topological polar surface area (TPSA) is 82.3 Å². The van der Waals surface area contributed by atoms with Gasteiger partial charge < -0.3 is 14.9 Å². The van der Waals surface area contributed by atoms with E-state index >= 15 is 0 Å². The number of nitrogen functional groups attached to an aromatic ring is 1. The minimum Gasteiger partial charge on any atom is -0.378 e. The first-order chi connectivity index (χ1) is 10.1. The Hall–Kier alpha value is -1.24. The number of anilines is 1. The quantitative estimate of drug-likeness (QED) is 0.619. The first-order valence-corrected chi connectivity index (χ1v) is 7.61. The molecule has 0 bridgehead atoms. The SMILES string of the molecule is CCOC1(c2nc(COC)cc(NN)n2)CCCC(C)C1. The lowest BCUT2D eigenvalue weighted by molar-refractivity contribution is -0.0882. The van der Waals surface area contributed by atoms with E-state index in [9.17, 15) is 0 Å². The van der Waals surface area contributed by atoms with Gasteiger partial charge in [-0.15, -0.1) is 0 Å². The van der Waals surface area contributed by atoms with Gasteiger partial charge in [-0.1, -0.05) is 13.3 Å². The summed E-state index contributed by atoms with van der Waals surface area (Å²) in [7, 11) is 1.65. The molecule has 0 amide bonds. The molecule has 0 radical (unpaired) electrons. The highest BCUT2D eigenvalue weighted by Crippen LogP contribution is 2.41. The highest BCUT2D eigenvalue weighted by Gasteiger charge is 2.40. The molecule has 1 saturated carbocycles. The van der Waals surface area contributed by atoms with Crippen LogP contribution in [0.5, 0.6) is 0 Å². The molecule has 21 heavy (non-hydrogen) atoms. The van der Waals surface area contributed by atoms with Gasteiger partial charge in [-0.2, -0.15) is 0 Å². The van der Waals surface area contributed by atoms with Crippen LogP contribution in [-0.2, 0) is 21.7 Å². The third kappa shape index (κ3) is 3.70. The van der Waals surface area contributed by atoms with Gasteiger partial charge in [0, 0.05) is 19.8 Å². The Kier molecular flexibility index (Phi) is 5.50.